The third-order valence-corrected chi connectivity index (χ3v) is 4.33. The lowest BCUT2D eigenvalue weighted by molar-refractivity contribution is -0.133. The van der Waals surface area contributed by atoms with Crippen LogP contribution in [0.25, 0.3) is 0 Å². The van der Waals surface area contributed by atoms with Crippen LogP contribution in [0, 0.1) is 5.92 Å². The second-order valence-corrected chi connectivity index (χ2v) is 6.18. The first-order chi connectivity index (χ1) is 10.1. The molecule has 0 aliphatic carbocycles. The van der Waals surface area contributed by atoms with E-state index in [0.29, 0.717) is 0 Å². The largest absolute Gasteiger partial charge is 0.493 e. The number of fused-ring (bicyclic) bond motifs is 2. The highest BCUT2D eigenvalue weighted by atomic mass is 16.5. The normalized spacial score (nSPS) is 15.4. The van der Waals surface area contributed by atoms with Crippen molar-refractivity contribution in [3.05, 3.63) is 22.8 Å². The Kier molecular flexibility index (Phi) is 3.79. The lowest BCUT2D eigenvalue weighted by atomic mass is 9.97. The number of carbonyl (C=O) groups is 1. The quantitative estimate of drug-likeness (QED) is 0.853. The summed E-state index contributed by atoms with van der Waals surface area (Å²) in [6.07, 6.45) is 2.74. The Hall–Kier alpha value is -1.71. The first-order valence-electron chi connectivity index (χ1n) is 7.76. The summed E-state index contributed by atoms with van der Waals surface area (Å²) in [5, 5.41) is 0. The van der Waals surface area contributed by atoms with E-state index < -0.39 is 0 Å². The Balaban J connectivity index is 1.81. The van der Waals surface area contributed by atoms with Crippen LogP contribution < -0.4 is 9.47 Å². The van der Waals surface area contributed by atoms with Crippen LogP contribution in [-0.4, -0.2) is 37.6 Å². The first kappa shape index (κ1) is 14.2. The molecule has 1 aromatic rings. The molecule has 0 saturated heterocycles. The van der Waals surface area contributed by atoms with Gasteiger partial charge in [0.1, 0.15) is 11.5 Å². The van der Waals surface area contributed by atoms with Crippen molar-refractivity contribution >= 4 is 5.91 Å². The minimum atomic E-state index is 0.0433. The van der Waals surface area contributed by atoms with E-state index in [-0.39, 0.29) is 11.8 Å². The average Bonchev–Trinajstić information content (AvgIpc) is 3.10. The minimum absolute atomic E-state index is 0.0433. The number of hydrogen-bond donors (Lipinski definition) is 0. The van der Waals surface area contributed by atoms with Crippen molar-refractivity contribution in [3.8, 4) is 11.5 Å². The highest BCUT2D eigenvalue weighted by molar-refractivity contribution is 5.77. The molecule has 0 aromatic heterocycles. The summed E-state index contributed by atoms with van der Waals surface area (Å²) >= 11 is 0. The van der Waals surface area contributed by atoms with Gasteiger partial charge in [0.25, 0.3) is 0 Å². The van der Waals surface area contributed by atoms with Crippen LogP contribution in [0.5, 0.6) is 11.5 Å². The lowest BCUT2D eigenvalue weighted by Gasteiger charge is -2.21. The third kappa shape index (κ3) is 2.59. The van der Waals surface area contributed by atoms with Crippen LogP contribution in [0.2, 0.25) is 0 Å². The van der Waals surface area contributed by atoms with Gasteiger partial charge in [-0.3, -0.25) is 4.79 Å². The number of rotatable bonds is 4. The predicted molar refractivity (Wildman–Crippen MR) is 81.0 cm³/mol. The fraction of sp³-hybridized carbons (Fsp3) is 0.588. The lowest BCUT2D eigenvalue weighted by Crippen LogP contribution is -2.32. The number of likely N-dealkylation sites (N-methyl/N-ethyl adjacent to an activating group) is 1. The van der Waals surface area contributed by atoms with Crippen LogP contribution in [-0.2, 0) is 24.1 Å². The van der Waals surface area contributed by atoms with Crippen molar-refractivity contribution in [3.63, 3.8) is 0 Å². The number of ether oxygens (including phenoxy) is 2. The summed E-state index contributed by atoms with van der Waals surface area (Å²) in [4.78, 5) is 13.8. The summed E-state index contributed by atoms with van der Waals surface area (Å²) in [5.41, 5.74) is 3.78. The summed E-state index contributed by atoms with van der Waals surface area (Å²) in [5.74, 6) is 2.30. The molecule has 2 aliphatic rings. The van der Waals surface area contributed by atoms with Gasteiger partial charge in [-0.25, -0.2) is 0 Å². The van der Waals surface area contributed by atoms with E-state index in [2.05, 4.69) is 6.07 Å². The Bertz CT molecular complexity index is 533. The van der Waals surface area contributed by atoms with Crippen LogP contribution in [0.3, 0.4) is 0 Å². The Labute approximate surface area is 126 Å². The van der Waals surface area contributed by atoms with Crippen LogP contribution in [0.15, 0.2) is 6.07 Å². The molecule has 114 valence electrons. The topological polar surface area (TPSA) is 38.8 Å². The van der Waals surface area contributed by atoms with E-state index in [9.17, 15) is 4.79 Å². The van der Waals surface area contributed by atoms with Gasteiger partial charge in [0, 0.05) is 49.0 Å². The summed E-state index contributed by atoms with van der Waals surface area (Å²) in [6, 6.07) is 2.14. The molecule has 0 bridgehead atoms. The van der Waals surface area contributed by atoms with Crippen molar-refractivity contribution in [1.82, 2.24) is 4.90 Å². The fourth-order valence-corrected chi connectivity index (χ4v) is 3.18. The van der Waals surface area contributed by atoms with Crippen LogP contribution in [0.1, 0.15) is 30.5 Å². The maximum absolute atomic E-state index is 12.0. The van der Waals surface area contributed by atoms with Gasteiger partial charge in [-0.1, -0.05) is 13.8 Å². The van der Waals surface area contributed by atoms with E-state index in [1.54, 1.807) is 0 Å². The maximum Gasteiger partial charge on any atom is 0.224 e. The summed E-state index contributed by atoms with van der Waals surface area (Å²) in [6.45, 7) is 6.11. The van der Waals surface area contributed by atoms with E-state index in [1.807, 2.05) is 25.8 Å². The molecule has 0 fully saturated rings. The number of hydrogen-bond acceptors (Lipinski definition) is 3. The smallest absolute Gasteiger partial charge is 0.224 e. The zero-order valence-corrected chi connectivity index (χ0v) is 13.1. The van der Waals surface area contributed by atoms with E-state index in [1.165, 1.54) is 16.7 Å². The van der Waals surface area contributed by atoms with Crippen molar-refractivity contribution in [2.45, 2.75) is 33.1 Å². The minimum Gasteiger partial charge on any atom is -0.493 e. The second kappa shape index (κ2) is 5.58. The number of nitrogens with zero attached hydrogens (tertiary/aromatic N) is 1. The maximum atomic E-state index is 12.0. The highest BCUT2D eigenvalue weighted by Crippen LogP contribution is 2.40. The molecule has 4 nitrogen and oxygen atoms in total. The molecule has 0 saturated carbocycles. The zero-order valence-electron chi connectivity index (χ0n) is 13.1. The standard InChI is InChI=1S/C17H23NO3/c1-11(2)17(19)18(3)7-4-14-13-6-9-20-15(13)10-12-5-8-21-16(12)14/h10-11H,4-9H2,1-3H3. The molecular weight excluding hydrogens is 266 g/mol. The Morgan fingerprint density at radius 3 is 2.81 bits per heavy atom. The van der Waals surface area contributed by atoms with Gasteiger partial charge in [0.05, 0.1) is 13.2 Å². The van der Waals surface area contributed by atoms with E-state index >= 15 is 0 Å². The summed E-state index contributed by atoms with van der Waals surface area (Å²) < 4.78 is 11.6. The molecule has 0 N–H and O–H groups in total. The molecule has 2 aliphatic heterocycles. The SMILES string of the molecule is CC(C)C(=O)N(C)CCc1c2c(cc3c1OCC3)OCC2. The fourth-order valence-electron chi connectivity index (χ4n) is 3.18. The van der Waals surface area contributed by atoms with Gasteiger partial charge >= 0.3 is 0 Å². The third-order valence-electron chi connectivity index (χ3n) is 4.33. The van der Waals surface area contributed by atoms with Gasteiger partial charge in [-0.05, 0) is 12.5 Å². The highest BCUT2D eigenvalue weighted by Gasteiger charge is 2.26. The van der Waals surface area contributed by atoms with Gasteiger partial charge in [-0.15, -0.1) is 0 Å². The van der Waals surface area contributed by atoms with Crippen LogP contribution >= 0.6 is 0 Å². The predicted octanol–water partition coefficient (Wildman–Crippen LogP) is 2.21. The average molecular weight is 289 g/mol. The van der Waals surface area contributed by atoms with Crippen LogP contribution in [0.4, 0.5) is 0 Å². The van der Waals surface area contributed by atoms with Gasteiger partial charge < -0.3 is 14.4 Å². The number of amides is 1. The molecule has 0 unspecified atom stereocenters. The van der Waals surface area contributed by atoms with E-state index in [0.717, 1.165) is 50.5 Å². The van der Waals surface area contributed by atoms with Crippen molar-refractivity contribution < 1.29 is 14.3 Å². The molecule has 1 aromatic carbocycles. The second-order valence-electron chi connectivity index (χ2n) is 6.18. The molecule has 1 amide bonds. The van der Waals surface area contributed by atoms with Gasteiger partial charge in [0.2, 0.25) is 5.91 Å². The van der Waals surface area contributed by atoms with Crippen molar-refractivity contribution in [2.24, 2.45) is 5.92 Å². The molecule has 3 rings (SSSR count). The molecule has 0 atom stereocenters. The molecule has 2 heterocycles. The molecule has 21 heavy (non-hydrogen) atoms. The molecule has 4 heteroatoms. The molecule has 0 spiro atoms. The summed E-state index contributed by atoms with van der Waals surface area (Å²) in [7, 11) is 1.88. The molecular formula is C17H23NO3. The number of benzene rings is 1. The van der Waals surface area contributed by atoms with Gasteiger partial charge in [0.15, 0.2) is 0 Å². The Morgan fingerprint density at radius 1 is 1.29 bits per heavy atom. The van der Waals surface area contributed by atoms with Gasteiger partial charge in [-0.2, -0.15) is 0 Å². The van der Waals surface area contributed by atoms with Crippen molar-refractivity contribution in [2.75, 3.05) is 26.8 Å². The zero-order chi connectivity index (χ0) is 15.0. The van der Waals surface area contributed by atoms with Crippen molar-refractivity contribution in [1.29, 1.82) is 0 Å². The van der Waals surface area contributed by atoms with E-state index in [4.69, 9.17) is 9.47 Å². The monoisotopic (exact) mass is 289 g/mol. The Morgan fingerprint density at radius 2 is 2.05 bits per heavy atom. The molecule has 0 radical (unpaired) electrons. The number of carbonyl (C=O) groups excluding carboxylic acids is 1. The first-order valence-corrected chi connectivity index (χ1v) is 7.76.